The highest BCUT2D eigenvalue weighted by Gasteiger charge is 2.15. The minimum Gasteiger partial charge on any atom is -0.476 e. The average molecular weight is 214 g/mol. The van der Waals surface area contributed by atoms with E-state index in [1.165, 1.54) is 10.8 Å². The van der Waals surface area contributed by atoms with Gasteiger partial charge in [0.2, 0.25) is 0 Å². The van der Waals surface area contributed by atoms with E-state index in [2.05, 4.69) is 15.1 Å². The maximum atomic E-state index is 11.0. The van der Waals surface area contributed by atoms with Crippen LogP contribution in [0.1, 0.15) is 10.5 Å². The Morgan fingerprint density at radius 1 is 1.31 bits per heavy atom. The van der Waals surface area contributed by atoms with Gasteiger partial charge in [0, 0.05) is 0 Å². The van der Waals surface area contributed by atoms with Gasteiger partial charge in [0.15, 0.2) is 11.3 Å². The first-order chi connectivity index (χ1) is 7.77. The molecule has 0 bridgehead atoms. The third-order valence-corrected chi connectivity index (χ3v) is 2.30. The SMILES string of the molecule is O=C(O)c1nc2ccccc2n2ncnc12. The highest BCUT2D eigenvalue weighted by Crippen LogP contribution is 2.15. The van der Waals surface area contributed by atoms with Crippen LogP contribution in [0.15, 0.2) is 30.6 Å². The number of fused-ring (bicyclic) bond motifs is 3. The van der Waals surface area contributed by atoms with Crippen LogP contribution in [0.4, 0.5) is 0 Å². The number of aromatic carboxylic acids is 1. The van der Waals surface area contributed by atoms with Gasteiger partial charge in [0.05, 0.1) is 11.0 Å². The minimum absolute atomic E-state index is 0.0869. The van der Waals surface area contributed by atoms with E-state index in [-0.39, 0.29) is 11.3 Å². The molecule has 0 aliphatic heterocycles. The lowest BCUT2D eigenvalue weighted by atomic mass is 10.3. The Balaban J connectivity index is 2.58. The van der Waals surface area contributed by atoms with Crippen molar-refractivity contribution >= 4 is 22.6 Å². The predicted octanol–water partition coefficient (Wildman–Crippen LogP) is 0.976. The molecule has 0 aliphatic carbocycles. The van der Waals surface area contributed by atoms with E-state index in [9.17, 15) is 4.79 Å². The highest BCUT2D eigenvalue weighted by atomic mass is 16.4. The van der Waals surface area contributed by atoms with Gasteiger partial charge in [-0.1, -0.05) is 12.1 Å². The third kappa shape index (κ3) is 1.07. The van der Waals surface area contributed by atoms with Gasteiger partial charge >= 0.3 is 5.97 Å². The smallest absolute Gasteiger partial charge is 0.358 e. The van der Waals surface area contributed by atoms with Crippen molar-refractivity contribution in [3.05, 3.63) is 36.3 Å². The Hall–Kier alpha value is -2.50. The maximum absolute atomic E-state index is 11.0. The van der Waals surface area contributed by atoms with E-state index >= 15 is 0 Å². The molecule has 0 fully saturated rings. The Kier molecular flexibility index (Phi) is 1.64. The summed E-state index contributed by atoms with van der Waals surface area (Å²) in [5.41, 5.74) is 1.49. The third-order valence-electron chi connectivity index (χ3n) is 2.30. The van der Waals surface area contributed by atoms with Crippen molar-refractivity contribution in [2.75, 3.05) is 0 Å². The number of hydrogen-bond acceptors (Lipinski definition) is 4. The van der Waals surface area contributed by atoms with E-state index in [0.29, 0.717) is 5.52 Å². The molecule has 0 atom stereocenters. The summed E-state index contributed by atoms with van der Waals surface area (Å²) >= 11 is 0. The largest absolute Gasteiger partial charge is 0.476 e. The Morgan fingerprint density at radius 2 is 2.12 bits per heavy atom. The maximum Gasteiger partial charge on any atom is 0.358 e. The summed E-state index contributed by atoms with van der Waals surface area (Å²) in [6.07, 6.45) is 1.32. The molecule has 0 saturated heterocycles. The summed E-state index contributed by atoms with van der Waals surface area (Å²) in [7, 11) is 0. The normalized spacial score (nSPS) is 11.0. The molecule has 16 heavy (non-hydrogen) atoms. The van der Waals surface area contributed by atoms with E-state index in [1.54, 1.807) is 12.1 Å². The Bertz CT molecular complexity index is 704. The van der Waals surface area contributed by atoms with Crippen molar-refractivity contribution in [2.24, 2.45) is 0 Å². The van der Waals surface area contributed by atoms with E-state index in [4.69, 9.17) is 5.11 Å². The summed E-state index contributed by atoms with van der Waals surface area (Å²) < 4.78 is 1.48. The Labute approximate surface area is 89.2 Å². The van der Waals surface area contributed by atoms with E-state index in [1.807, 2.05) is 12.1 Å². The van der Waals surface area contributed by atoms with Crippen LogP contribution in [-0.2, 0) is 0 Å². The van der Waals surface area contributed by atoms with Gasteiger partial charge in [-0.2, -0.15) is 5.10 Å². The van der Waals surface area contributed by atoms with Gasteiger partial charge in [0.1, 0.15) is 6.33 Å². The number of nitrogens with zero attached hydrogens (tertiary/aromatic N) is 4. The second-order valence-electron chi connectivity index (χ2n) is 3.25. The van der Waals surface area contributed by atoms with Gasteiger partial charge in [-0.15, -0.1) is 0 Å². The number of hydrogen-bond donors (Lipinski definition) is 1. The zero-order valence-corrected chi connectivity index (χ0v) is 8.03. The topological polar surface area (TPSA) is 80.4 Å². The van der Waals surface area contributed by atoms with Crippen LogP contribution < -0.4 is 0 Å². The van der Waals surface area contributed by atoms with Gasteiger partial charge in [-0.3, -0.25) is 0 Å². The second-order valence-corrected chi connectivity index (χ2v) is 3.25. The minimum atomic E-state index is -1.11. The van der Waals surface area contributed by atoms with Gasteiger partial charge in [-0.05, 0) is 12.1 Å². The standard InChI is InChI=1S/C10H6N4O2/c15-10(16)8-9-11-5-12-14(9)7-4-2-1-3-6(7)13-8/h1-5H,(H,15,16). The number of aromatic nitrogens is 4. The monoisotopic (exact) mass is 214 g/mol. The molecule has 78 valence electrons. The zero-order chi connectivity index (χ0) is 11.1. The fraction of sp³-hybridized carbons (Fsp3) is 0. The molecule has 3 rings (SSSR count). The van der Waals surface area contributed by atoms with Gasteiger partial charge < -0.3 is 5.11 Å². The van der Waals surface area contributed by atoms with Crippen molar-refractivity contribution in [1.29, 1.82) is 0 Å². The van der Waals surface area contributed by atoms with E-state index < -0.39 is 5.97 Å². The lowest BCUT2D eigenvalue weighted by Crippen LogP contribution is -2.06. The summed E-state index contributed by atoms with van der Waals surface area (Å²) in [5.74, 6) is -1.11. The van der Waals surface area contributed by atoms with Gasteiger partial charge in [-0.25, -0.2) is 19.3 Å². The molecule has 6 heteroatoms. The second kappa shape index (κ2) is 2.99. The van der Waals surface area contributed by atoms with Gasteiger partial charge in [0.25, 0.3) is 0 Å². The van der Waals surface area contributed by atoms with Crippen LogP contribution in [0.3, 0.4) is 0 Å². The first-order valence-electron chi connectivity index (χ1n) is 4.59. The summed E-state index contributed by atoms with van der Waals surface area (Å²) in [4.78, 5) is 19.0. The molecule has 0 aliphatic rings. The lowest BCUT2D eigenvalue weighted by molar-refractivity contribution is 0.0692. The molecule has 2 heterocycles. The number of carboxylic acid groups (broad SMARTS) is 1. The van der Waals surface area contributed by atoms with Crippen LogP contribution in [0, 0.1) is 0 Å². The summed E-state index contributed by atoms with van der Waals surface area (Å²) in [6.45, 7) is 0. The molecule has 1 N–H and O–H groups in total. The number of benzene rings is 1. The lowest BCUT2D eigenvalue weighted by Gasteiger charge is -2.02. The van der Waals surface area contributed by atoms with Crippen molar-refractivity contribution in [2.45, 2.75) is 0 Å². The van der Waals surface area contributed by atoms with Crippen LogP contribution in [-0.4, -0.2) is 30.7 Å². The number of rotatable bonds is 1. The highest BCUT2D eigenvalue weighted by molar-refractivity contribution is 5.95. The number of para-hydroxylation sites is 2. The van der Waals surface area contributed by atoms with Crippen LogP contribution in [0.5, 0.6) is 0 Å². The first-order valence-corrected chi connectivity index (χ1v) is 4.59. The molecular weight excluding hydrogens is 208 g/mol. The van der Waals surface area contributed by atoms with Crippen molar-refractivity contribution in [3.8, 4) is 0 Å². The average Bonchev–Trinajstić information content (AvgIpc) is 2.76. The molecule has 0 spiro atoms. The van der Waals surface area contributed by atoms with Crippen molar-refractivity contribution in [1.82, 2.24) is 19.6 Å². The van der Waals surface area contributed by atoms with Crippen molar-refractivity contribution < 1.29 is 9.90 Å². The van der Waals surface area contributed by atoms with Crippen LogP contribution in [0.25, 0.3) is 16.7 Å². The Morgan fingerprint density at radius 3 is 2.94 bits per heavy atom. The predicted molar refractivity (Wildman–Crippen MR) is 55.2 cm³/mol. The number of carbonyl (C=O) groups is 1. The molecule has 3 aromatic rings. The fourth-order valence-electron chi connectivity index (χ4n) is 1.63. The zero-order valence-electron chi connectivity index (χ0n) is 8.03. The molecule has 0 radical (unpaired) electrons. The van der Waals surface area contributed by atoms with Crippen molar-refractivity contribution in [3.63, 3.8) is 0 Å². The van der Waals surface area contributed by atoms with Crippen LogP contribution in [0.2, 0.25) is 0 Å². The molecule has 1 aromatic carbocycles. The quantitative estimate of drug-likeness (QED) is 0.653. The molecule has 0 amide bonds. The molecule has 0 saturated carbocycles. The van der Waals surface area contributed by atoms with E-state index in [0.717, 1.165) is 5.52 Å². The molecular formula is C10H6N4O2. The number of carboxylic acids is 1. The molecule has 6 nitrogen and oxygen atoms in total. The molecule has 2 aromatic heterocycles. The summed E-state index contributed by atoms with van der Waals surface area (Å²) in [6, 6.07) is 7.19. The summed E-state index contributed by atoms with van der Waals surface area (Å²) in [5, 5.41) is 13.0. The first kappa shape index (κ1) is 8.78. The van der Waals surface area contributed by atoms with Crippen LogP contribution >= 0.6 is 0 Å². The molecule has 0 unspecified atom stereocenters. The fourth-order valence-corrected chi connectivity index (χ4v) is 1.63.